The molecular formula is C16H19ClN4O2S2. The highest BCUT2D eigenvalue weighted by atomic mass is 35.5. The molecule has 0 aliphatic heterocycles. The molecule has 6 nitrogen and oxygen atoms in total. The Morgan fingerprint density at radius 2 is 2.16 bits per heavy atom. The Kier molecular flexibility index (Phi) is 7.67. The number of anilines is 1. The van der Waals surface area contributed by atoms with Crippen LogP contribution < -0.4 is 10.6 Å². The van der Waals surface area contributed by atoms with Gasteiger partial charge in [0.05, 0.1) is 5.75 Å². The SMILES string of the molecule is CCC(C)NC(=O)CSCc1nnc(C(=O)Nc2cccc(Cl)c2)s1. The molecular weight excluding hydrogens is 380 g/mol. The number of nitrogens with zero attached hydrogens (tertiary/aromatic N) is 2. The lowest BCUT2D eigenvalue weighted by Gasteiger charge is -2.10. The third-order valence-corrected chi connectivity index (χ3v) is 5.51. The van der Waals surface area contributed by atoms with E-state index in [2.05, 4.69) is 20.8 Å². The maximum Gasteiger partial charge on any atom is 0.286 e. The van der Waals surface area contributed by atoms with Gasteiger partial charge >= 0.3 is 0 Å². The van der Waals surface area contributed by atoms with E-state index < -0.39 is 0 Å². The summed E-state index contributed by atoms with van der Waals surface area (Å²) in [4.78, 5) is 23.9. The number of carbonyl (C=O) groups excluding carboxylic acids is 2. The quantitative estimate of drug-likeness (QED) is 0.709. The van der Waals surface area contributed by atoms with Crippen molar-refractivity contribution in [1.82, 2.24) is 15.5 Å². The van der Waals surface area contributed by atoms with Crippen molar-refractivity contribution in [2.45, 2.75) is 32.1 Å². The molecule has 1 atom stereocenters. The smallest absolute Gasteiger partial charge is 0.286 e. The number of hydrogen-bond donors (Lipinski definition) is 2. The molecule has 0 spiro atoms. The van der Waals surface area contributed by atoms with Crippen LogP contribution in [0.5, 0.6) is 0 Å². The van der Waals surface area contributed by atoms with Crippen LogP contribution in [0.4, 0.5) is 5.69 Å². The maximum atomic E-state index is 12.2. The fraction of sp³-hybridized carbons (Fsp3) is 0.375. The lowest BCUT2D eigenvalue weighted by Crippen LogP contribution is -2.33. The number of nitrogens with one attached hydrogen (secondary N) is 2. The fourth-order valence-electron chi connectivity index (χ4n) is 1.80. The Bertz CT molecular complexity index is 738. The minimum absolute atomic E-state index is 0.00258. The number of amides is 2. The van der Waals surface area contributed by atoms with Crippen LogP contribution in [0.3, 0.4) is 0 Å². The van der Waals surface area contributed by atoms with Gasteiger partial charge in [0, 0.05) is 22.5 Å². The van der Waals surface area contributed by atoms with Gasteiger partial charge in [-0.1, -0.05) is 35.9 Å². The minimum Gasteiger partial charge on any atom is -0.353 e. The van der Waals surface area contributed by atoms with Crippen molar-refractivity contribution in [3.63, 3.8) is 0 Å². The molecule has 134 valence electrons. The van der Waals surface area contributed by atoms with E-state index in [1.54, 1.807) is 24.3 Å². The van der Waals surface area contributed by atoms with Crippen LogP contribution in [-0.4, -0.2) is 33.8 Å². The van der Waals surface area contributed by atoms with E-state index in [-0.39, 0.29) is 22.9 Å². The normalized spacial score (nSPS) is 11.8. The zero-order valence-electron chi connectivity index (χ0n) is 13.9. The van der Waals surface area contributed by atoms with Crippen LogP contribution in [0.25, 0.3) is 0 Å². The third kappa shape index (κ3) is 6.64. The van der Waals surface area contributed by atoms with Gasteiger partial charge in [0.25, 0.3) is 5.91 Å². The highest BCUT2D eigenvalue weighted by molar-refractivity contribution is 7.99. The molecule has 0 fully saturated rings. The molecule has 0 saturated heterocycles. The standard InChI is InChI=1S/C16H19ClN4O2S2/c1-3-10(2)18-13(22)8-24-9-14-20-21-16(25-14)15(23)19-12-6-4-5-11(17)7-12/h4-7,10H,3,8-9H2,1-2H3,(H,18,22)(H,19,23). The van der Waals surface area contributed by atoms with Crippen LogP contribution in [0.1, 0.15) is 35.1 Å². The van der Waals surface area contributed by atoms with E-state index in [0.717, 1.165) is 6.42 Å². The first-order chi connectivity index (χ1) is 12.0. The van der Waals surface area contributed by atoms with Crippen molar-refractivity contribution >= 4 is 52.2 Å². The number of aromatic nitrogens is 2. The van der Waals surface area contributed by atoms with Crippen LogP contribution in [0.2, 0.25) is 5.02 Å². The van der Waals surface area contributed by atoms with Crippen molar-refractivity contribution < 1.29 is 9.59 Å². The van der Waals surface area contributed by atoms with Crippen molar-refractivity contribution in [1.29, 1.82) is 0 Å². The second-order valence-corrected chi connectivity index (χ2v) is 7.82. The Morgan fingerprint density at radius 1 is 1.36 bits per heavy atom. The highest BCUT2D eigenvalue weighted by Crippen LogP contribution is 2.19. The molecule has 1 heterocycles. The van der Waals surface area contributed by atoms with E-state index in [1.807, 2.05) is 13.8 Å². The Balaban J connectivity index is 1.81. The van der Waals surface area contributed by atoms with Crippen molar-refractivity contribution in [2.24, 2.45) is 0 Å². The van der Waals surface area contributed by atoms with Crippen molar-refractivity contribution in [3.05, 3.63) is 39.3 Å². The van der Waals surface area contributed by atoms with Crippen molar-refractivity contribution in [2.75, 3.05) is 11.1 Å². The summed E-state index contributed by atoms with van der Waals surface area (Å²) < 4.78 is 0. The summed E-state index contributed by atoms with van der Waals surface area (Å²) >= 11 is 8.55. The molecule has 2 N–H and O–H groups in total. The zero-order valence-corrected chi connectivity index (χ0v) is 16.3. The Hall–Kier alpha value is -1.64. The number of hydrogen-bond acceptors (Lipinski definition) is 6. The molecule has 2 aromatic rings. The van der Waals surface area contributed by atoms with Gasteiger partial charge < -0.3 is 10.6 Å². The van der Waals surface area contributed by atoms with E-state index >= 15 is 0 Å². The fourth-order valence-corrected chi connectivity index (χ4v) is 3.61. The molecule has 2 amide bonds. The van der Waals surface area contributed by atoms with Crippen LogP contribution in [0.15, 0.2) is 24.3 Å². The summed E-state index contributed by atoms with van der Waals surface area (Å²) in [5.41, 5.74) is 0.602. The average molecular weight is 399 g/mol. The Labute approximate surface area is 159 Å². The first-order valence-electron chi connectivity index (χ1n) is 7.74. The summed E-state index contributed by atoms with van der Waals surface area (Å²) in [7, 11) is 0. The molecule has 0 saturated carbocycles. The van der Waals surface area contributed by atoms with Gasteiger partial charge in [-0.2, -0.15) is 0 Å². The molecule has 1 unspecified atom stereocenters. The minimum atomic E-state index is -0.328. The second-order valence-electron chi connectivity index (χ2n) is 5.34. The number of rotatable bonds is 8. The number of benzene rings is 1. The van der Waals surface area contributed by atoms with Gasteiger partial charge in [-0.3, -0.25) is 9.59 Å². The van der Waals surface area contributed by atoms with E-state index in [1.165, 1.54) is 23.1 Å². The Morgan fingerprint density at radius 3 is 2.88 bits per heavy atom. The summed E-state index contributed by atoms with van der Waals surface area (Å²) in [6.45, 7) is 3.99. The molecule has 0 bridgehead atoms. The molecule has 0 aliphatic carbocycles. The summed E-state index contributed by atoms with van der Waals surface area (Å²) in [6.07, 6.45) is 0.901. The number of thioether (sulfide) groups is 1. The van der Waals surface area contributed by atoms with Gasteiger partial charge in [-0.05, 0) is 31.5 Å². The first-order valence-corrected chi connectivity index (χ1v) is 10.1. The lowest BCUT2D eigenvalue weighted by atomic mass is 10.3. The molecule has 1 aromatic heterocycles. The van der Waals surface area contributed by atoms with Crippen LogP contribution >= 0.6 is 34.7 Å². The summed E-state index contributed by atoms with van der Waals surface area (Å²) in [5, 5.41) is 15.1. The maximum absolute atomic E-state index is 12.2. The molecule has 2 rings (SSSR count). The first kappa shape index (κ1) is 19.7. The van der Waals surface area contributed by atoms with E-state index in [9.17, 15) is 9.59 Å². The van der Waals surface area contributed by atoms with E-state index in [4.69, 9.17) is 11.6 Å². The average Bonchev–Trinajstić information content (AvgIpc) is 3.03. The number of halogens is 1. The van der Waals surface area contributed by atoms with Gasteiger partial charge in [0.2, 0.25) is 10.9 Å². The predicted octanol–water partition coefficient (Wildman–Crippen LogP) is 3.59. The molecule has 0 radical (unpaired) electrons. The topological polar surface area (TPSA) is 84.0 Å². The van der Waals surface area contributed by atoms with Gasteiger partial charge in [0.1, 0.15) is 5.01 Å². The summed E-state index contributed by atoms with van der Waals surface area (Å²) in [5.74, 6) is 0.567. The van der Waals surface area contributed by atoms with Crippen LogP contribution in [-0.2, 0) is 10.5 Å². The second kappa shape index (κ2) is 9.74. The third-order valence-electron chi connectivity index (χ3n) is 3.22. The molecule has 0 aliphatic rings. The summed E-state index contributed by atoms with van der Waals surface area (Å²) in [6, 6.07) is 7.07. The zero-order chi connectivity index (χ0) is 18.2. The predicted molar refractivity (Wildman–Crippen MR) is 103 cm³/mol. The molecule has 1 aromatic carbocycles. The van der Waals surface area contributed by atoms with Gasteiger partial charge in [0.15, 0.2) is 0 Å². The lowest BCUT2D eigenvalue weighted by molar-refractivity contribution is -0.119. The largest absolute Gasteiger partial charge is 0.353 e. The van der Waals surface area contributed by atoms with Gasteiger partial charge in [-0.25, -0.2) is 0 Å². The number of carbonyl (C=O) groups is 2. The van der Waals surface area contributed by atoms with E-state index in [0.29, 0.717) is 27.2 Å². The van der Waals surface area contributed by atoms with Gasteiger partial charge in [-0.15, -0.1) is 22.0 Å². The van der Waals surface area contributed by atoms with Crippen LogP contribution in [0, 0.1) is 0 Å². The molecule has 9 heteroatoms. The monoisotopic (exact) mass is 398 g/mol. The molecule has 25 heavy (non-hydrogen) atoms. The van der Waals surface area contributed by atoms with Crippen molar-refractivity contribution in [3.8, 4) is 0 Å². The highest BCUT2D eigenvalue weighted by Gasteiger charge is 2.14.